The molecular weight excluding hydrogens is 236 g/mol. The smallest absolute Gasteiger partial charge is 0.319 e. The number of likely N-dealkylation sites (tertiary alicyclic amines) is 1. The van der Waals surface area contributed by atoms with Crippen LogP contribution in [0, 0.1) is 0 Å². The van der Waals surface area contributed by atoms with E-state index in [1.807, 2.05) is 6.92 Å². The standard InChI is InChI=1S/C12H22N2O4/c1-3-18-10-4-8-14(9-5-10)12(17)13(2)7-6-11(15)16/h10H,3-9H2,1-2H3,(H,15,16). The minimum Gasteiger partial charge on any atom is -0.481 e. The molecule has 1 N–H and O–H groups in total. The Bertz CT molecular complexity index is 288. The molecule has 1 rings (SSSR count). The van der Waals surface area contributed by atoms with E-state index in [1.165, 1.54) is 4.90 Å². The van der Waals surface area contributed by atoms with Crippen molar-refractivity contribution in [2.45, 2.75) is 32.3 Å². The lowest BCUT2D eigenvalue weighted by Gasteiger charge is -2.34. The summed E-state index contributed by atoms with van der Waals surface area (Å²) in [5.41, 5.74) is 0. The zero-order valence-corrected chi connectivity index (χ0v) is 11.1. The highest BCUT2D eigenvalue weighted by molar-refractivity contribution is 5.75. The molecule has 0 atom stereocenters. The molecule has 2 amide bonds. The second-order valence-electron chi connectivity index (χ2n) is 4.49. The molecule has 0 aromatic carbocycles. The fourth-order valence-electron chi connectivity index (χ4n) is 2.05. The predicted molar refractivity (Wildman–Crippen MR) is 66.5 cm³/mol. The van der Waals surface area contributed by atoms with Gasteiger partial charge in [-0.15, -0.1) is 0 Å². The number of hydrogen-bond donors (Lipinski definition) is 1. The SMILES string of the molecule is CCOC1CCN(C(=O)N(C)CCC(=O)O)CC1. The van der Waals surface area contributed by atoms with Gasteiger partial charge in [0.15, 0.2) is 0 Å². The summed E-state index contributed by atoms with van der Waals surface area (Å²) in [5.74, 6) is -0.885. The highest BCUT2D eigenvalue weighted by atomic mass is 16.5. The minimum absolute atomic E-state index is 0.0162. The van der Waals surface area contributed by atoms with Crippen LogP contribution in [-0.4, -0.2) is 66.3 Å². The van der Waals surface area contributed by atoms with E-state index in [1.54, 1.807) is 11.9 Å². The van der Waals surface area contributed by atoms with Crippen LogP contribution < -0.4 is 0 Å². The van der Waals surface area contributed by atoms with E-state index in [0.29, 0.717) is 19.7 Å². The molecule has 0 radical (unpaired) electrons. The van der Waals surface area contributed by atoms with Gasteiger partial charge in [0.2, 0.25) is 0 Å². The third kappa shape index (κ3) is 4.52. The van der Waals surface area contributed by atoms with E-state index in [2.05, 4.69) is 0 Å². The molecule has 0 spiro atoms. The van der Waals surface area contributed by atoms with Crippen LogP contribution in [0.3, 0.4) is 0 Å². The van der Waals surface area contributed by atoms with Gasteiger partial charge in [0, 0.05) is 33.3 Å². The maximum absolute atomic E-state index is 12.0. The number of carbonyl (C=O) groups is 2. The molecule has 1 fully saturated rings. The van der Waals surface area contributed by atoms with Crippen LogP contribution in [0.1, 0.15) is 26.2 Å². The first-order valence-corrected chi connectivity index (χ1v) is 6.38. The normalized spacial score (nSPS) is 16.7. The van der Waals surface area contributed by atoms with Crippen LogP contribution in [-0.2, 0) is 9.53 Å². The van der Waals surface area contributed by atoms with Crippen molar-refractivity contribution in [3.8, 4) is 0 Å². The van der Waals surface area contributed by atoms with Crippen molar-refractivity contribution in [3.63, 3.8) is 0 Å². The van der Waals surface area contributed by atoms with E-state index < -0.39 is 5.97 Å². The van der Waals surface area contributed by atoms with Gasteiger partial charge in [-0.2, -0.15) is 0 Å². The second-order valence-corrected chi connectivity index (χ2v) is 4.49. The summed E-state index contributed by atoms with van der Waals surface area (Å²) in [5, 5.41) is 8.58. The van der Waals surface area contributed by atoms with E-state index in [0.717, 1.165) is 12.8 Å². The molecule has 0 unspecified atom stereocenters. The largest absolute Gasteiger partial charge is 0.481 e. The number of ether oxygens (including phenoxy) is 1. The van der Waals surface area contributed by atoms with Crippen molar-refractivity contribution in [3.05, 3.63) is 0 Å². The van der Waals surface area contributed by atoms with Crippen LogP contribution in [0.2, 0.25) is 0 Å². The molecule has 1 saturated heterocycles. The van der Waals surface area contributed by atoms with Crippen LogP contribution in [0.25, 0.3) is 0 Å². The van der Waals surface area contributed by atoms with Crippen LogP contribution in [0.5, 0.6) is 0 Å². The lowest BCUT2D eigenvalue weighted by Crippen LogP contribution is -2.47. The molecule has 0 aromatic heterocycles. The van der Waals surface area contributed by atoms with E-state index in [4.69, 9.17) is 9.84 Å². The second kappa shape index (κ2) is 7.20. The fourth-order valence-corrected chi connectivity index (χ4v) is 2.05. The third-order valence-corrected chi connectivity index (χ3v) is 3.10. The average molecular weight is 258 g/mol. The number of carbonyl (C=O) groups excluding carboxylic acids is 1. The van der Waals surface area contributed by atoms with Gasteiger partial charge in [-0.05, 0) is 19.8 Å². The van der Waals surface area contributed by atoms with Crippen molar-refractivity contribution in [2.24, 2.45) is 0 Å². The van der Waals surface area contributed by atoms with E-state index >= 15 is 0 Å². The number of nitrogens with zero attached hydrogens (tertiary/aromatic N) is 2. The molecule has 1 aliphatic rings. The predicted octanol–water partition coefficient (Wildman–Crippen LogP) is 1.01. The highest BCUT2D eigenvalue weighted by Crippen LogP contribution is 2.14. The summed E-state index contributed by atoms with van der Waals surface area (Å²) in [7, 11) is 1.64. The van der Waals surface area contributed by atoms with Crippen LogP contribution in [0.4, 0.5) is 4.79 Å². The molecule has 0 aromatic rings. The molecule has 6 nitrogen and oxygen atoms in total. The molecule has 0 aliphatic carbocycles. The van der Waals surface area contributed by atoms with Crippen molar-refractivity contribution >= 4 is 12.0 Å². The number of carboxylic acid groups (broad SMARTS) is 1. The topological polar surface area (TPSA) is 70.1 Å². The molecule has 0 bridgehead atoms. The number of urea groups is 1. The Morgan fingerprint density at radius 3 is 2.50 bits per heavy atom. The van der Waals surface area contributed by atoms with Gasteiger partial charge < -0.3 is 19.6 Å². The monoisotopic (exact) mass is 258 g/mol. The Hall–Kier alpha value is -1.30. The Kier molecular flexibility index (Phi) is 5.91. The molecule has 18 heavy (non-hydrogen) atoms. The van der Waals surface area contributed by atoms with Crippen molar-refractivity contribution < 1.29 is 19.4 Å². The van der Waals surface area contributed by atoms with Crippen molar-refractivity contribution in [2.75, 3.05) is 33.3 Å². The molecule has 0 saturated carbocycles. The summed E-state index contributed by atoms with van der Waals surface area (Å²) >= 11 is 0. The third-order valence-electron chi connectivity index (χ3n) is 3.10. The van der Waals surface area contributed by atoms with Gasteiger partial charge in [-0.25, -0.2) is 4.79 Å². The van der Waals surface area contributed by atoms with Crippen molar-refractivity contribution in [1.82, 2.24) is 9.80 Å². The molecular formula is C12H22N2O4. The van der Waals surface area contributed by atoms with Crippen molar-refractivity contribution in [1.29, 1.82) is 0 Å². The van der Waals surface area contributed by atoms with E-state index in [-0.39, 0.29) is 25.1 Å². The average Bonchev–Trinajstić information content (AvgIpc) is 2.36. The maximum atomic E-state index is 12.0. The van der Waals surface area contributed by atoms with Gasteiger partial charge in [0.25, 0.3) is 0 Å². The van der Waals surface area contributed by atoms with Gasteiger partial charge in [0.05, 0.1) is 12.5 Å². The Morgan fingerprint density at radius 2 is 2.00 bits per heavy atom. The number of rotatable bonds is 5. The van der Waals surface area contributed by atoms with Gasteiger partial charge in [-0.3, -0.25) is 4.79 Å². The first-order chi connectivity index (χ1) is 8.54. The summed E-state index contributed by atoms with van der Waals surface area (Å²) in [6.07, 6.45) is 1.94. The molecule has 6 heteroatoms. The minimum atomic E-state index is -0.885. The summed E-state index contributed by atoms with van der Waals surface area (Å²) < 4.78 is 5.52. The molecule has 1 heterocycles. The zero-order valence-electron chi connectivity index (χ0n) is 11.1. The van der Waals surface area contributed by atoms with Crippen LogP contribution in [0.15, 0.2) is 0 Å². The molecule has 1 aliphatic heterocycles. The summed E-state index contributed by atoms with van der Waals surface area (Å²) in [6.45, 7) is 4.29. The first kappa shape index (κ1) is 14.8. The maximum Gasteiger partial charge on any atom is 0.319 e. The lowest BCUT2D eigenvalue weighted by molar-refractivity contribution is -0.137. The van der Waals surface area contributed by atoms with Crippen LogP contribution >= 0.6 is 0 Å². The fraction of sp³-hybridized carbons (Fsp3) is 0.833. The zero-order chi connectivity index (χ0) is 13.5. The molecule has 104 valence electrons. The lowest BCUT2D eigenvalue weighted by atomic mass is 10.1. The van der Waals surface area contributed by atoms with Gasteiger partial charge in [0.1, 0.15) is 0 Å². The summed E-state index contributed by atoms with van der Waals surface area (Å²) in [4.78, 5) is 25.7. The number of hydrogen-bond acceptors (Lipinski definition) is 3. The first-order valence-electron chi connectivity index (χ1n) is 6.38. The Labute approximate surface area is 107 Å². The number of carboxylic acids is 1. The Morgan fingerprint density at radius 1 is 1.39 bits per heavy atom. The number of aliphatic carboxylic acids is 1. The quantitative estimate of drug-likeness (QED) is 0.799. The summed E-state index contributed by atoms with van der Waals surface area (Å²) in [6, 6.07) is -0.0915. The van der Waals surface area contributed by atoms with E-state index in [9.17, 15) is 9.59 Å². The Balaban J connectivity index is 2.32. The number of piperidine rings is 1. The van der Waals surface area contributed by atoms with Gasteiger partial charge in [-0.1, -0.05) is 0 Å². The van der Waals surface area contributed by atoms with Gasteiger partial charge >= 0.3 is 12.0 Å². The number of amides is 2. The highest BCUT2D eigenvalue weighted by Gasteiger charge is 2.24.